The van der Waals surface area contributed by atoms with Crippen LogP contribution in [0.5, 0.6) is 0 Å². The second-order valence-electron chi connectivity index (χ2n) is 6.53. The predicted molar refractivity (Wildman–Crippen MR) is 101 cm³/mol. The molecule has 1 aromatic carbocycles. The molecular formula is C18H24ClN3OS. The zero-order valence-electron chi connectivity index (χ0n) is 15.1. The van der Waals surface area contributed by atoms with E-state index in [9.17, 15) is 4.79 Å². The first kappa shape index (κ1) is 18.9. The largest absolute Gasteiger partial charge is 0.305 e. The maximum absolute atomic E-state index is 12.5. The summed E-state index contributed by atoms with van der Waals surface area (Å²) in [4.78, 5) is 14.2. The highest BCUT2D eigenvalue weighted by atomic mass is 35.5. The normalized spacial score (nSPS) is 11.4. The molecule has 4 nitrogen and oxygen atoms in total. The molecule has 1 heterocycles. The molecule has 0 saturated carbocycles. The third-order valence-corrected chi connectivity index (χ3v) is 5.06. The maximum Gasteiger partial charge on any atom is 0.224 e. The van der Waals surface area contributed by atoms with Gasteiger partial charge in [0.2, 0.25) is 5.91 Å². The zero-order valence-corrected chi connectivity index (χ0v) is 16.6. The van der Waals surface area contributed by atoms with E-state index in [1.165, 1.54) is 11.3 Å². The number of aromatic nitrogens is 2. The number of rotatable bonds is 5. The second kappa shape index (κ2) is 7.62. The van der Waals surface area contributed by atoms with Gasteiger partial charge in [0.05, 0.1) is 12.2 Å². The van der Waals surface area contributed by atoms with Crippen LogP contribution in [0.3, 0.4) is 0 Å². The van der Waals surface area contributed by atoms with Crippen LogP contribution < -0.4 is 4.90 Å². The lowest BCUT2D eigenvalue weighted by Gasteiger charge is -2.29. The van der Waals surface area contributed by atoms with Crippen LogP contribution in [0.25, 0.3) is 0 Å². The Kier molecular flexibility index (Phi) is 5.99. The molecule has 2 aromatic rings. The molecule has 24 heavy (non-hydrogen) atoms. The van der Waals surface area contributed by atoms with Crippen LogP contribution >= 0.6 is 22.9 Å². The highest BCUT2D eigenvalue weighted by Crippen LogP contribution is 2.40. The Morgan fingerprint density at radius 1 is 1.21 bits per heavy atom. The van der Waals surface area contributed by atoms with Gasteiger partial charge in [-0.15, -0.1) is 10.2 Å². The summed E-state index contributed by atoms with van der Waals surface area (Å²) >= 11 is 8.01. The number of carbonyl (C=O) groups excluding carboxylic acids is 1. The summed E-state index contributed by atoms with van der Waals surface area (Å²) in [5.41, 5.74) is 3.06. The molecule has 0 N–H and O–H groups in total. The van der Waals surface area contributed by atoms with E-state index in [1.54, 1.807) is 11.8 Å². The fourth-order valence-electron chi connectivity index (χ4n) is 2.80. The molecule has 0 atom stereocenters. The Morgan fingerprint density at radius 3 is 2.33 bits per heavy atom. The Morgan fingerprint density at radius 2 is 1.88 bits per heavy atom. The van der Waals surface area contributed by atoms with E-state index in [0.717, 1.165) is 26.8 Å². The summed E-state index contributed by atoms with van der Waals surface area (Å²) in [6, 6.07) is 3.96. The number of halogens is 1. The lowest BCUT2D eigenvalue weighted by molar-refractivity contribution is -0.116. The van der Waals surface area contributed by atoms with Crippen molar-refractivity contribution in [3.8, 4) is 0 Å². The lowest BCUT2D eigenvalue weighted by Crippen LogP contribution is -2.30. The SMILES string of the molecule is CC(=O)N(Cc1nnc(C)s1)c1c(C(C)C)ccc(Cl)c1C(C)C. The van der Waals surface area contributed by atoms with Crippen molar-refractivity contribution in [1.29, 1.82) is 0 Å². The number of hydrogen-bond donors (Lipinski definition) is 0. The zero-order chi connectivity index (χ0) is 18.0. The van der Waals surface area contributed by atoms with E-state index < -0.39 is 0 Å². The molecule has 1 aromatic heterocycles. The summed E-state index contributed by atoms with van der Waals surface area (Å²) in [7, 11) is 0. The first-order valence-electron chi connectivity index (χ1n) is 8.11. The van der Waals surface area contributed by atoms with E-state index in [0.29, 0.717) is 11.6 Å². The minimum Gasteiger partial charge on any atom is -0.305 e. The number of amides is 1. The van der Waals surface area contributed by atoms with Crippen molar-refractivity contribution in [2.24, 2.45) is 0 Å². The van der Waals surface area contributed by atoms with Crippen molar-refractivity contribution < 1.29 is 4.79 Å². The third-order valence-electron chi connectivity index (χ3n) is 3.91. The fourth-order valence-corrected chi connectivity index (χ4v) is 3.87. The number of aryl methyl sites for hydroxylation is 1. The van der Waals surface area contributed by atoms with Gasteiger partial charge in [-0.25, -0.2) is 0 Å². The topological polar surface area (TPSA) is 46.1 Å². The van der Waals surface area contributed by atoms with Gasteiger partial charge in [0.25, 0.3) is 0 Å². The molecule has 6 heteroatoms. The second-order valence-corrected chi connectivity index (χ2v) is 8.20. The minimum atomic E-state index is -0.0195. The van der Waals surface area contributed by atoms with Gasteiger partial charge in [-0.1, -0.05) is 56.7 Å². The molecule has 0 aliphatic carbocycles. The Labute approximate surface area is 152 Å². The van der Waals surface area contributed by atoms with Gasteiger partial charge in [0, 0.05) is 11.9 Å². The van der Waals surface area contributed by atoms with Crippen molar-refractivity contribution in [2.75, 3.05) is 4.90 Å². The van der Waals surface area contributed by atoms with Gasteiger partial charge in [0.15, 0.2) is 0 Å². The monoisotopic (exact) mass is 365 g/mol. The van der Waals surface area contributed by atoms with Crippen LogP contribution in [0.1, 0.15) is 67.6 Å². The average Bonchev–Trinajstić information content (AvgIpc) is 2.88. The van der Waals surface area contributed by atoms with Crippen molar-refractivity contribution in [3.05, 3.63) is 38.3 Å². The predicted octanol–water partition coefficient (Wildman–Crippen LogP) is 5.30. The van der Waals surface area contributed by atoms with E-state index in [-0.39, 0.29) is 17.7 Å². The van der Waals surface area contributed by atoms with Gasteiger partial charge in [-0.2, -0.15) is 0 Å². The lowest BCUT2D eigenvalue weighted by atomic mass is 9.91. The highest BCUT2D eigenvalue weighted by molar-refractivity contribution is 7.11. The Balaban J connectivity index is 2.63. The van der Waals surface area contributed by atoms with E-state index >= 15 is 0 Å². The number of anilines is 1. The molecule has 0 aliphatic heterocycles. The molecule has 130 valence electrons. The van der Waals surface area contributed by atoms with Crippen molar-refractivity contribution in [3.63, 3.8) is 0 Å². The molecule has 0 radical (unpaired) electrons. The molecule has 0 fully saturated rings. The summed E-state index contributed by atoms with van der Waals surface area (Å²) in [6.45, 7) is 12.4. The van der Waals surface area contributed by atoms with Crippen LogP contribution in [-0.2, 0) is 11.3 Å². The average molecular weight is 366 g/mol. The Bertz CT molecular complexity index is 740. The smallest absolute Gasteiger partial charge is 0.224 e. The summed E-state index contributed by atoms with van der Waals surface area (Å²) in [5, 5.41) is 10.7. The number of nitrogens with zero attached hydrogens (tertiary/aromatic N) is 3. The van der Waals surface area contributed by atoms with E-state index in [4.69, 9.17) is 11.6 Å². The molecule has 1 amide bonds. The molecular weight excluding hydrogens is 342 g/mol. The van der Waals surface area contributed by atoms with Gasteiger partial charge >= 0.3 is 0 Å². The first-order valence-corrected chi connectivity index (χ1v) is 9.31. The van der Waals surface area contributed by atoms with Crippen LogP contribution in [0.4, 0.5) is 5.69 Å². The molecule has 0 spiro atoms. The van der Waals surface area contributed by atoms with Crippen LogP contribution in [0.2, 0.25) is 5.02 Å². The fraction of sp³-hybridized carbons (Fsp3) is 0.500. The highest BCUT2D eigenvalue weighted by Gasteiger charge is 2.25. The molecule has 0 bridgehead atoms. The Hall–Kier alpha value is -1.46. The summed E-state index contributed by atoms with van der Waals surface area (Å²) < 4.78 is 0. The minimum absolute atomic E-state index is 0.0195. The van der Waals surface area contributed by atoms with Crippen molar-refractivity contribution in [1.82, 2.24) is 10.2 Å². The summed E-state index contributed by atoms with van der Waals surface area (Å²) in [5.74, 6) is 0.478. The van der Waals surface area contributed by atoms with Crippen molar-refractivity contribution >= 4 is 34.5 Å². The van der Waals surface area contributed by atoms with Crippen LogP contribution in [-0.4, -0.2) is 16.1 Å². The summed E-state index contributed by atoms with van der Waals surface area (Å²) in [6.07, 6.45) is 0. The quantitative estimate of drug-likeness (QED) is 0.722. The molecule has 2 rings (SSSR count). The standard InChI is InChI=1S/C18H24ClN3OS/c1-10(2)14-7-8-15(19)17(11(3)4)18(14)22(13(6)23)9-16-21-20-12(5)24-16/h7-8,10-11H,9H2,1-6H3. The van der Waals surface area contributed by atoms with Gasteiger partial charge < -0.3 is 4.90 Å². The van der Waals surface area contributed by atoms with Gasteiger partial charge in [-0.3, -0.25) is 4.79 Å². The van der Waals surface area contributed by atoms with Gasteiger partial charge in [0.1, 0.15) is 10.0 Å². The van der Waals surface area contributed by atoms with Crippen molar-refractivity contribution in [2.45, 2.75) is 59.9 Å². The molecule has 0 aliphatic rings. The van der Waals surface area contributed by atoms with Crippen LogP contribution in [0, 0.1) is 6.92 Å². The van der Waals surface area contributed by atoms with E-state index in [1.807, 2.05) is 19.1 Å². The third kappa shape index (κ3) is 3.95. The molecule has 0 saturated heterocycles. The maximum atomic E-state index is 12.5. The van der Waals surface area contributed by atoms with Gasteiger partial charge in [-0.05, 0) is 36.0 Å². The van der Waals surface area contributed by atoms with Crippen LogP contribution in [0.15, 0.2) is 12.1 Å². The molecule has 0 unspecified atom stereocenters. The number of hydrogen-bond acceptors (Lipinski definition) is 4. The van der Waals surface area contributed by atoms with E-state index in [2.05, 4.69) is 37.9 Å². The number of benzene rings is 1. The number of carbonyl (C=O) groups is 1. The first-order chi connectivity index (χ1) is 11.2.